The van der Waals surface area contributed by atoms with E-state index in [4.69, 9.17) is 5.73 Å². The highest BCUT2D eigenvalue weighted by Gasteiger charge is 2.17. The van der Waals surface area contributed by atoms with Crippen molar-refractivity contribution in [2.45, 2.75) is 32.2 Å². The quantitative estimate of drug-likeness (QED) is 0.455. The summed E-state index contributed by atoms with van der Waals surface area (Å²) in [5, 5.41) is 0. The number of nitrogens with zero attached hydrogens (tertiary/aromatic N) is 1. The Hall–Kier alpha value is -0.900. The van der Waals surface area contributed by atoms with E-state index >= 15 is 0 Å². The third-order valence-corrected chi connectivity index (χ3v) is 2.08. The molecule has 4 heteroatoms. The largest absolute Gasteiger partial charge is 0.368 e. The number of primary amides is 1. The first-order valence-corrected chi connectivity index (χ1v) is 4.56. The monoisotopic (exact) mass is 186 g/mol. The molecule has 0 bridgehead atoms. The summed E-state index contributed by atoms with van der Waals surface area (Å²) in [5.41, 5.74) is 5.20. The molecule has 2 N–H and O–H groups in total. The number of hydrogen-bond donors (Lipinski definition) is 1. The van der Waals surface area contributed by atoms with E-state index in [0.717, 1.165) is 19.3 Å². The molecule has 0 rings (SSSR count). The molecule has 4 nitrogen and oxygen atoms in total. The van der Waals surface area contributed by atoms with Crippen molar-refractivity contribution in [3.63, 3.8) is 0 Å². The third kappa shape index (κ3) is 4.62. The fourth-order valence-electron chi connectivity index (χ4n) is 1.31. The SMILES string of the molecule is CCC(C(N)=O)N(C)CCCC=O. The normalized spacial score (nSPS) is 12.8. The van der Waals surface area contributed by atoms with Crippen LogP contribution in [0.5, 0.6) is 0 Å². The number of likely N-dealkylation sites (N-methyl/N-ethyl adjacent to an activating group) is 1. The molecular weight excluding hydrogens is 168 g/mol. The maximum absolute atomic E-state index is 10.9. The molecule has 0 aliphatic rings. The molecule has 13 heavy (non-hydrogen) atoms. The summed E-state index contributed by atoms with van der Waals surface area (Å²) in [7, 11) is 1.85. The molecule has 0 spiro atoms. The smallest absolute Gasteiger partial charge is 0.234 e. The predicted molar refractivity (Wildman–Crippen MR) is 51.2 cm³/mol. The van der Waals surface area contributed by atoms with Gasteiger partial charge in [0, 0.05) is 6.42 Å². The Bertz CT molecular complexity index is 171. The number of aldehydes is 1. The first kappa shape index (κ1) is 12.1. The summed E-state index contributed by atoms with van der Waals surface area (Å²) in [6, 6.07) is -0.202. The molecule has 1 atom stereocenters. The Morgan fingerprint density at radius 3 is 2.62 bits per heavy atom. The number of amides is 1. The van der Waals surface area contributed by atoms with Gasteiger partial charge < -0.3 is 10.5 Å². The highest BCUT2D eigenvalue weighted by atomic mass is 16.1. The van der Waals surface area contributed by atoms with Gasteiger partial charge in [0.1, 0.15) is 6.29 Å². The van der Waals surface area contributed by atoms with Crippen molar-refractivity contribution in [2.24, 2.45) is 5.73 Å². The second-order valence-corrected chi connectivity index (χ2v) is 3.12. The second kappa shape index (κ2) is 6.60. The summed E-state index contributed by atoms with van der Waals surface area (Å²) in [5.74, 6) is -0.295. The molecule has 0 heterocycles. The van der Waals surface area contributed by atoms with Crippen LogP contribution in [-0.2, 0) is 9.59 Å². The summed E-state index contributed by atoms with van der Waals surface area (Å²) in [6.45, 7) is 2.66. The zero-order valence-electron chi connectivity index (χ0n) is 8.32. The van der Waals surface area contributed by atoms with Gasteiger partial charge in [0.25, 0.3) is 0 Å². The van der Waals surface area contributed by atoms with Crippen LogP contribution in [0, 0.1) is 0 Å². The molecule has 0 saturated heterocycles. The van der Waals surface area contributed by atoms with Gasteiger partial charge in [0.05, 0.1) is 6.04 Å². The van der Waals surface area contributed by atoms with Crippen molar-refractivity contribution in [2.75, 3.05) is 13.6 Å². The molecule has 0 aromatic carbocycles. The first-order valence-electron chi connectivity index (χ1n) is 4.56. The maximum atomic E-state index is 10.9. The van der Waals surface area contributed by atoms with Gasteiger partial charge in [0.15, 0.2) is 0 Å². The molecule has 0 aromatic rings. The minimum atomic E-state index is -0.295. The van der Waals surface area contributed by atoms with Crippen LogP contribution in [0.4, 0.5) is 0 Å². The van der Waals surface area contributed by atoms with Crippen LogP contribution in [0.25, 0.3) is 0 Å². The van der Waals surface area contributed by atoms with Gasteiger partial charge in [-0.3, -0.25) is 9.69 Å². The van der Waals surface area contributed by atoms with Crippen LogP contribution >= 0.6 is 0 Å². The summed E-state index contributed by atoms with van der Waals surface area (Å²) in [4.78, 5) is 22.9. The summed E-state index contributed by atoms with van der Waals surface area (Å²) < 4.78 is 0. The van der Waals surface area contributed by atoms with E-state index in [1.54, 1.807) is 0 Å². The number of unbranched alkanes of at least 4 members (excludes halogenated alkanes) is 1. The van der Waals surface area contributed by atoms with Crippen molar-refractivity contribution in [1.29, 1.82) is 0 Å². The molecule has 0 aromatic heterocycles. The molecule has 1 amide bonds. The average molecular weight is 186 g/mol. The van der Waals surface area contributed by atoms with Crippen LogP contribution in [-0.4, -0.2) is 36.7 Å². The van der Waals surface area contributed by atoms with Crippen LogP contribution in [0.15, 0.2) is 0 Å². The highest BCUT2D eigenvalue weighted by Crippen LogP contribution is 2.02. The Morgan fingerprint density at radius 1 is 1.62 bits per heavy atom. The maximum Gasteiger partial charge on any atom is 0.234 e. The Kier molecular flexibility index (Phi) is 6.14. The predicted octanol–water partition coefficient (Wildman–Crippen LogP) is 0.161. The molecular formula is C9H18N2O2. The number of nitrogens with two attached hydrogens (primary N) is 1. The number of carbonyl (C=O) groups excluding carboxylic acids is 2. The Balaban J connectivity index is 3.83. The van der Waals surface area contributed by atoms with E-state index in [1.807, 2.05) is 18.9 Å². The van der Waals surface area contributed by atoms with Crippen molar-refractivity contribution < 1.29 is 9.59 Å². The summed E-state index contributed by atoms with van der Waals surface area (Å²) in [6.07, 6.45) is 2.93. The van der Waals surface area contributed by atoms with Crippen LogP contribution in [0.2, 0.25) is 0 Å². The van der Waals surface area contributed by atoms with Crippen LogP contribution in [0.1, 0.15) is 26.2 Å². The van der Waals surface area contributed by atoms with Gasteiger partial charge in [-0.2, -0.15) is 0 Å². The van der Waals surface area contributed by atoms with E-state index in [-0.39, 0.29) is 11.9 Å². The molecule has 0 aliphatic carbocycles. The lowest BCUT2D eigenvalue weighted by Crippen LogP contribution is -2.42. The zero-order chi connectivity index (χ0) is 10.3. The van der Waals surface area contributed by atoms with Gasteiger partial charge >= 0.3 is 0 Å². The van der Waals surface area contributed by atoms with E-state index in [0.29, 0.717) is 12.8 Å². The molecule has 76 valence electrons. The van der Waals surface area contributed by atoms with E-state index in [2.05, 4.69) is 0 Å². The van der Waals surface area contributed by atoms with E-state index in [1.165, 1.54) is 0 Å². The lowest BCUT2D eigenvalue weighted by atomic mass is 10.2. The van der Waals surface area contributed by atoms with E-state index in [9.17, 15) is 9.59 Å². The Morgan fingerprint density at radius 2 is 2.23 bits per heavy atom. The minimum absolute atomic E-state index is 0.202. The first-order chi connectivity index (χ1) is 6.13. The molecule has 0 aliphatic heterocycles. The minimum Gasteiger partial charge on any atom is -0.368 e. The Labute approximate surface area is 79.1 Å². The average Bonchev–Trinajstić information content (AvgIpc) is 2.05. The van der Waals surface area contributed by atoms with E-state index < -0.39 is 0 Å². The van der Waals surface area contributed by atoms with Crippen molar-refractivity contribution in [1.82, 2.24) is 4.90 Å². The molecule has 0 saturated carbocycles. The lowest BCUT2D eigenvalue weighted by molar-refractivity contribution is -0.122. The standard InChI is InChI=1S/C9H18N2O2/c1-3-8(9(10)13)11(2)6-4-5-7-12/h7-8H,3-6H2,1-2H3,(H2,10,13). The third-order valence-electron chi connectivity index (χ3n) is 2.08. The van der Waals surface area contributed by atoms with Crippen molar-refractivity contribution in [3.8, 4) is 0 Å². The van der Waals surface area contributed by atoms with Crippen LogP contribution in [0.3, 0.4) is 0 Å². The van der Waals surface area contributed by atoms with Crippen molar-refractivity contribution >= 4 is 12.2 Å². The second-order valence-electron chi connectivity index (χ2n) is 3.12. The number of rotatable bonds is 7. The molecule has 0 fully saturated rings. The van der Waals surface area contributed by atoms with Gasteiger partial charge in [0.2, 0.25) is 5.91 Å². The molecule has 0 radical (unpaired) electrons. The summed E-state index contributed by atoms with van der Waals surface area (Å²) >= 11 is 0. The van der Waals surface area contributed by atoms with Gasteiger partial charge in [-0.15, -0.1) is 0 Å². The van der Waals surface area contributed by atoms with Gasteiger partial charge in [-0.25, -0.2) is 0 Å². The van der Waals surface area contributed by atoms with Crippen molar-refractivity contribution in [3.05, 3.63) is 0 Å². The number of carbonyl (C=O) groups is 2. The highest BCUT2D eigenvalue weighted by molar-refractivity contribution is 5.79. The molecule has 1 unspecified atom stereocenters. The fourth-order valence-corrected chi connectivity index (χ4v) is 1.31. The zero-order valence-corrected chi connectivity index (χ0v) is 8.32. The fraction of sp³-hybridized carbons (Fsp3) is 0.778. The number of hydrogen-bond acceptors (Lipinski definition) is 3. The lowest BCUT2D eigenvalue weighted by Gasteiger charge is -2.23. The van der Waals surface area contributed by atoms with Crippen LogP contribution < -0.4 is 5.73 Å². The van der Waals surface area contributed by atoms with Gasteiger partial charge in [-0.05, 0) is 26.4 Å². The van der Waals surface area contributed by atoms with Gasteiger partial charge in [-0.1, -0.05) is 6.92 Å². The topological polar surface area (TPSA) is 63.4 Å².